The summed E-state index contributed by atoms with van der Waals surface area (Å²) in [5, 5.41) is 5.41. The molecule has 1 aliphatic rings. The number of rotatable bonds is 5. The fraction of sp³-hybridized carbons (Fsp3) is 0.320. The summed E-state index contributed by atoms with van der Waals surface area (Å²) in [6.07, 6.45) is 0. The van der Waals surface area contributed by atoms with E-state index in [0.717, 1.165) is 22.5 Å². The van der Waals surface area contributed by atoms with E-state index in [2.05, 4.69) is 20.8 Å². The highest BCUT2D eigenvalue weighted by Crippen LogP contribution is 2.48. The van der Waals surface area contributed by atoms with Crippen LogP contribution in [0.15, 0.2) is 48.5 Å². The minimum atomic E-state index is -0.592. The number of fused-ring (bicyclic) bond motifs is 1. The fourth-order valence-electron chi connectivity index (χ4n) is 4.07. The van der Waals surface area contributed by atoms with Crippen LogP contribution in [0.4, 0.5) is 5.82 Å². The summed E-state index contributed by atoms with van der Waals surface area (Å²) < 4.78 is 7.04. The molecule has 0 saturated heterocycles. The second-order valence-electron chi connectivity index (χ2n) is 9.14. The molecule has 2 aromatic carbocycles. The van der Waals surface area contributed by atoms with E-state index in [1.807, 2.05) is 48.5 Å². The third-order valence-electron chi connectivity index (χ3n) is 5.58. The number of methoxy groups -OCH3 is 1. The van der Waals surface area contributed by atoms with Crippen LogP contribution in [-0.4, -0.2) is 41.0 Å². The Hall–Kier alpha value is -2.97. The molecule has 0 saturated carbocycles. The Bertz CT molecular complexity index is 1230. The molecule has 1 atom stereocenters. The van der Waals surface area contributed by atoms with Crippen molar-refractivity contribution in [2.45, 2.75) is 31.4 Å². The van der Waals surface area contributed by atoms with Gasteiger partial charge in [0.05, 0.1) is 29.5 Å². The molecule has 4 rings (SSSR count). The zero-order valence-corrected chi connectivity index (χ0v) is 21.1. The van der Waals surface area contributed by atoms with E-state index in [-0.39, 0.29) is 28.9 Å². The van der Waals surface area contributed by atoms with Crippen molar-refractivity contribution in [3.63, 3.8) is 0 Å². The minimum absolute atomic E-state index is 0.186. The molecule has 1 unspecified atom stereocenters. The van der Waals surface area contributed by atoms with Crippen molar-refractivity contribution in [3.05, 3.63) is 70.4 Å². The Morgan fingerprint density at radius 2 is 1.94 bits per heavy atom. The average Bonchev–Trinajstić information content (AvgIpc) is 3.12. The molecule has 2 heterocycles. The number of carbonyl (C=O) groups excluding carboxylic acids is 2. The van der Waals surface area contributed by atoms with Crippen molar-refractivity contribution in [1.82, 2.24) is 9.78 Å². The molecule has 3 aromatic rings. The number of nitrogens with two attached hydrogens (primary N) is 1. The summed E-state index contributed by atoms with van der Waals surface area (Å²) in [5.41, 5.74) is 8.65. The number of hydrogen-bond acceptors (Lipinski definition) is 5. The van der Waals surface area contributed by atoms with E-state index in [4.69, 9.17) is 27.2 Å². The standard InChI is InChI=1S/C25H27ClN4O3S/c1-25(2,3)23-21-22(15-6-5-7-16(26)12-15)34-14-20(32)29(13-19(27)31)24(21)30(28-23)17-8-10-18(33-4)11-9-17/h5-12,22H,13-14H2,1-4H3,(H2,27,31). The number of halogens is 1. The molecule has 34 heavy (non-hydrogen) atoms. The first-order valence-corrected chi connectivity index (χ1v) is 12.3. The maximum Gasteiger partial charge on any atom is 0.238 e. The van der Waals surface area contributed by atoms with Gasteiger partial charge in [0.2, 0.25) is 11.8 Å². The second kappa shape index (κ2) is 9.35. The smallest absolute Gasteiger partial charge is 0.238 e. The van der Waals surface area contributed by atoms with Gasteiger partial charge < -0.3 is 10.5 Å². The van der Waals surface area contributed by atoms with Crippen LogP contribution < -0.4 is 15.4 Å². The minimum Gasteiger partial charge on any atom is -0.497 e. The van der Waals surface area contributed by atoms with E-state index in [0.29, 0.717) is 16.6 Å². The number of nitrogens with zero attached hydrogens (tertiary/aromatic N) is 3. The lowest BCUT2D eigenvalue weighted by Gasteiger charge is -2.24. The van der Waals surface area contributed by atoms with Gasteiger partial charge in [0.1, 0.15) is 18.1 Å². The van der Waals surface area contributed by atoms with Crippen LogP contribution in [0.25, 0.3) is 5.69 Å². The summed E-state index contributed by atoms with van der Waals surface area (Å²) in [5.74, 6) is 0.644. The maximum atomic E-state index is 13.3. The number of aromatic nitrogens is 2. The van der Waals surface area contributed by atoms with Gasteiger partial charge in [0, 0.05) is 16.0 Å². The lowest BCUT2D eigenvalue weighted by molar-refractivity contribution is -0.121. The number of thioether (sulfide) groups is 1. The largest absolute Gasteiger partial charge is 0.497 e. The second-order valence-corrected chi connectivity index (χ2v) is 10.7. The first-order chi connectivity index (χ1) is 16.1. The molecule has 7 nitrogen and oxygen atoms in total. The highest BCUT2D eigenvalue weighted by atomic mass is 35.5. The van der Waals surface area contributed by atoms with Gasteiger partial charge in [-0.15, -0.1) is 11.8 Å². The van der Waals surface area contributed by atoms with Crippen LogP contribution in [0.2, 0.25) is 5.02 Å². The van der Waals surface area contributed by atoms with Crippen LogP contribution in [-0.2, 0) is 15.0 Å². The zero-order chi connectivity index (χ0) is 24.6. The van der Waals surface area contributed by atoms with Gasteiger partial charge in [-0.2, -0.15) is 5.10 Å². The highest BCUT2D eigenvalue weighted by molar-refractivity contribution is 8.00. The molecule has 9 heteroatoms. The average molecular weight is 499 g/mol. The number of primary amides is 1. The van der Waals surface area contributed by atoms with Crippen molar-refractivity contribution in [2.75, 3.05) is 24.3 Å². The zero-order valence-electron chi connectivity index (χ0n) is 19.5. The van der Waals surface area contributed by atoms with Crippen molar-refractivity contribution < 1.29 is 14.3 Å². The van der Waals surface area contributed by atoms with E-state index >= 15 is 0 Å². The topological polar surface area (TPSA) is 90.4 Å². The summed E-state index contributed by atoms with van der Waals surface area (Å²) in [6.45, 7) is 6.01. The predicted molar refractivity (Wildman–Crippen MR) is 136 cm³/mol. The summed E-state index contributed by atoms with van der Waals surface area (Å²) >= 11 is 7.83. The summed E-state index contributed by atoms with van der Waals surface area (Å²) in [7, 11) is 1.60. The highest BCUT2D eigenvalue weighted by Gasteiger charge is 2.39. The molecule has 1 aromatic heterocycles. The number of benzene rings is 2. The van der Waals surface area contributed by atoms with Gasteiger partial charge in [-0.1, -0.05) is 44.5 Å². The van der Waals surface area contributed by atoms with Gasteiger partial charge in [-0.05, 0) is 42.0 Å². The van der Waals surface area contributed by atoms with Gasteiger partial charge in [-0.3, -0.25) is 14.5 Å². The number of hydrogen-bond donors (Lipinski definition) is 1. The Morgan fingerprint density at radius 1 is 1.24 bits per heavy atom. The molecule has 0 aliphatic carbocycles. The third-order valence-corrected chi connectivity index (χ3v) is 7.07. The fourth-order valence-corrected chi connectivity index (χ4v) is 5.45. The van der Waals surface area contributed by atoms with Crippen LogP contribution in [0.3, 0.4) is 0 Å². The van der Waals surface area contributed by atoms with E-state index in [9.17, 15) is 9.59 Å². The molecule has 178 valence electrons. The Kier molecular flexibility index (Phi) is 6.64. The summed E-state index contributed by atoms with van der Waals surface area (Å²) in [4.78, 5) is 26.8. The molecule has 0 radical (unpaired) electrons. The molecule has 0 fully saturated rings. The van der Waals surface area contributed by atoms with E-state index < -0.39 is 5.91 Å². The predicted octanol–water partition coefficient (Wildman–Crippen LogP) is 4.49. The van der Waals surface area contributed by atoms with Gasteiger partial charge in [0.15, 0.2) is 0 Å². The number of amides is 2. The van der Waals surface area contributed by atoms with Crippen LogP contribution in [0, 0.1) is 0 Å². The van der Waals surface area contributed by atoms with Crippen LogP contribution >= 0.6 is 23.4 Å². The molecule has 0 bridgehead atoms. The Labute approximate surface area is 208 Å². The third kappa shape index (κ3) is 4.65. The lowest BCUT2D eigenvalue weighted by atomic mass is 9.87. The molecular formula is C25H27ClN4O3S. The van der Waals surface area contributed by atoms with Gasteiger partial charge >= 0.3 is 0 Å². The Morgan fingerprint density at radius 3 is 2.53 bits per heavy atom. The molecule has 0 spiro atoms. The molecule has 1 aliphatic heterocycles. The lowest BCUT2D eigenvalue weighted by Crippen LogP contribution is -2.40. The van der Waals surface area contributed by atoms with Crippen molar-refractivity contribution in [3.8, 4) is 11.4 Å². The first kappa shape index (κ1) is 24.2. The monoisotopic (exact) mass is 498 g/mol. The van der Waals surface area contributed by atoms with Crippen LogP contribution in [0.5, 0.6) is 5.75 Å². The summed E-state index contributed by atoms with van der Waals surface area (Å²) in [6, 6.07) is 15.0. The number of carbonyl (C=O) groups is 2. The molecule has 2 N–H and O–H groups in total. The Balaban J connectivity index is 2.05. The molecular weight excluding hydrogens is 472 g/mol. The van der Waals surface area contributed by atoms with Crippen molar-refractivity contribution >= 4 is 41.0 Å². The quantitative estimate of drug-likeness (QED) is 0.559. The number of anilines is 1. The normalized spacial score (nSPS) is 16.2. The van der Waals surface area contributed by atoms with Gasteiger partial charge in [-0.25, -0.2) is 4.68 Å². The van der Waals surface area contributed by atoms with Crippen LogP contribution in [0.1, 0.15) is 42.8 Å². The SMILES string of the molecule is COc1ccc(-n2nc(C(C)(C)C)c3c2N(CC(N)=O)C(=O)CSC3c2cccc(Cl)c2)cc1. The molecule has 2 amide bonds. The van der Waals surface area contributed by atoms with Gasteiger partial charge in [0.25, 0.3) is 0 Å². The van der Waals surface area contributed by atoms with E-state index in [1.54, 1.807) is 11.8 Å². The first-order valence-electron chi connectivity index (χ1n) is 10.8. The maximum absolute atomic E-state index is 13.3. The van der Waals surface area contributed by atoms with E-state index in [1.165, 1.54) is 16.7 Å². The number of ether oxygens (including phenoxy) is 1. The van der Waals surface area contributed by atoms with Crippen molar-refractivity contribution in [2.24, 2.45) is 5.73 Å². The van der Waals surface area contributed by atoms with Crippen molar-refractivity contribution in [1.29, 1.82) is 0 Å².